The molecule has 2 fully saturated rings. The molecule has 9 nitrogen and oxygen atoms in total. The molecule has 0 bridgehead atoms. The summed E-state index contributed by atoms with van der Waals surface area (Å²) in [5, 5.41) is 0.0159. The summed E-state index contributed by atoms with van der Waals surface area (Å²) >= 11 is 0. The van der Waals surface area contributed by atoms with Crippen molar-refractivity contribution in [2.75, 3.05) is 32.6 Å². The lowest BCUT2D eigenvalue weighted by atomic mass is 9.98. The molecule has 0 spiro atoms. The zero-order valence-corrected chi connectivity index (χ0v) is 24.9. The van der Waals surface area contributed by atoms with Crippen molar-refractivity contribution in [1.29, 1.82) is 0 Å². The number of hydrogen-bond acceptors (Lipinski definition) is 8. The maximum Gasteiger partial charge on any atom is 0.410 e. The van der Waals surface area contributed by atoms with Crippen LogP contribution in [-0.2, 0) is 32.9 Å². The molecule has 2 rings (SSSR count). The number of nitrogens with zero attached hydrogens (tertiary/aromatic N) is 1. The van der Waals surface area contributed by atoms with Gasteiger partial charge in [-0.15, -0.1) is 0 Å². The standard InChI is InChI=1S/C24H47NO8SSi/c1-23(2,3)32-22(26)25-15-19(33-35(8,9)24(4,5)6)14-20(25)18(17-31-34(7,27)28)16-30-21-12-10-11-13-29-21/h18-21H,10-17H2,1-9H3/t18?,19-,20+,21?/m1/s1. The normalized spacial score (nSPS) is 25.5. The number of carbonyl (C=O) groups is 1. The Labute approximate surface area is 213 Å². The molecule has 2 heterocycles. The minimum absolute atomic E-state index is 0.0159. The number of hydrogen-bond donors (Lipinski definition) is 0. The summed E-state index contributed by atoms with van der Waals surface area (Å²) in [5.74, 6) is -0.393. The second-order valence-corrected chi connectivity index (χ2v) is 18.7. The molecule has 11 heteroatoms. The van der Waals surface area contributed by atoms with Crippen LogP contribution in [0.3, 0.4) is 0 Å². The van der Waals surface area contributed by atoms with Crippen LogP contribution in [0.1, 0.15) is 67.2 Å². The van der Waals surface area contributed by atoms with Gasteiger partial charge in [-0.1, -0.05) is 20.8 Å². The molecule has 0 saturated carbocycles. The Hall–Kier alpha value is -0.723. The van der Waals surface area contributed by atoms with Crippen molar-refractivity contribution in [3.05, 3.63) is 0 Å². The minimum Gasteiger partial charge on any atom is -0.444 e. The predicted molar refractivity (Wildman–Crippen MR) is 137 cm³/mol. The van der Waals surface area contributed by atoms with Crippen molar-refractivity contribution in [2.45, 2.75) is 109 Å². The number of likely N-dealkylation sites (tertiary alicyclic amines) is 1. The first-order chi connectivity index (χ1) is 15.9. The third-order valence-electron chi connectivity index (χ3n) is 6.87. The highest BCUT2D eigenvalue weighted by Gasteiger charge is 2.46. The highest BCUT2D eigenvalue weighted by Crippen LogP contribution is 2.40. The van der Waals surface area contributed by atoms with Gasteiger partial charge in [-0.2, -0.15) is 8.42 Å². The van der Waals surface area contributed by atoms with E-state index in [1.807, 2.05) is 20.8 Å². The highest BCUT2D eigenvalue weighted by molar-refractivity contribution is 7.85. The average Bonchev–Trinajstić information content (AvgIpc) is 3.09. The van der Waals surface area contributed by atoms with Crippen LogP contribution in [0.5, 0.6) is 0 Å². The first kappa shape index (κ1) is 30.5. The van der Waals surface area contributed by atoms with Gasteiger partial charge in [-0.3, -0.25) is 4.18 Å². The van der Waals surface area contributed by atoms with Gasteiger partial charge in [0.05, 0.1) is 25.6 Å². The largest absolute Gasteiger partial charge is 0.444 e. The van der Waals surface area contributed by atoms with Crippen LogP contribution in [0.15, 0.2) is 0 Å². The highest BCUT2D eigenvalue weighted by atomic mass is 32.2. The van der Waals surface area contributed by atoms with E-state index in [1.165, 1.54) is 0 Å². The molecule has 2 saturated heterocycles. The van der Waals surface area contributed by atoms with Gasteiger partial charge in [-0.25, -0.2) is 4.79 Å². The zero-order valence-electron chi connectivity index (χ0n) is 23.1. The molecule has 0 aromatic carbocycles. The summed E-state index contributed by atoms with van der Waals surface area (Å²) in [4.78, 5) is 14.9. The monoisotopic (exact) mass is 537 g/mol. The smallest absolute Gasteiger partial charge is 0.410 e. The molecule has 4 atom stereocenters. The van der Waals surface area contributed by atoms with Crippen LogP contribution in [0.25, 0.3) is 0 Å². The Bertz CT molecular complexity index is 799. The zero-order chi connectivity index (χ0) is 26.7. The van der Waals surface area contributed by atoms with E-state index in [9.17, 15) is 13.2 Å². The van der Waals surface area contributed by atoms with Gasteiger partial charge in [-0.05, 0) is 64.6 Å². The van der Waals surface area contributed by atoms with Crippen LogP contribution >= 0.6 is 0 Å². The SMILES string of the molecule is CC(C)(C)OC(=O)N1C[C@H](O[Si](C)(C)C(C)(C)C)C[C@H]1C(COC1CCCCO1)COS(C)(=O)=O. The van der Waals surface area contributed by atoms with Crippen LogP contribution in [0.2, 0.25) is 18.1 Å². The van der Waals surface area contributed by atoms with E-state index in [2.05, 4.69) is 33.9 Å². The predicted octanol–water partition coefficient (Wildman–Crippen LogP) is 4.52. The Morgan fingerprint density at radius 1 is 1.11 bits per heavy atom. The summed E-state index contributed by atoms with van der Waals surface area (Å²) < 4.78 is 52.9. The quantitative estimate of drug-likeness (QED) is 0.313. The van der Waals surface area contributed by atoms with Gasteiger partial charge in [0.25, 0.3) is 10.1 Å². The number of amides is 1. The summed E-state index contributed by atoms with van der Waals surface area (Å²) in [5.41, 5.74) is -0.662. The van der Waals surface area contributed by atoms with Gasteiger partial charge in [0.15, 0.2) is 14.6 Å². The Morgan fingerprint density at radius 3 is 2.29 bits per heavy atom. The van der Waals surface area contributed by atoms with Crippen molar-refractivity contribution in [1.82, 2.24) is 4.90 Å². The fraction of sp³-hybridized carbons (Fsp3) is 0.958. The topological polar surface area (TPSA) is 101 Å². The molecule has 2 aliphatic heterocycles. The molecule has 35 heavy (non-hydrogen) atoms. The van der Waals surface area contributed by atoms with E-state index in [0.717, 1.165) is 25.5 Å². The second kappa shape index (κ2) is 11.8. The van der Waals surface area contributed by atoms with E-state index in [0.29, 0.717) is 19.6 Å². The first-order valence-electron chi connectivity index (χ1n) is 12.6. The first-order valence-corrected chi connectivity index (χ1v) is 17.4. The maximum atomic E-state index is 13.2. The van der Waals surface area contributed by atoms with Crippen molar-refractivity contribution in [3.8, 4) is 0 Å². The van der Waals surface area contributed by atoms with Gasteiger partial charge < -0.3 is 23.5 Å². The molecule has 0 radical (unpaired) electrons. The molecular weight excluding hydrogens is 490 g/mol. The molecule has 0 N–H and O–H groups in total. The average molecular weight is 538 g/mol. The Kier molecular flexibility index (Phi) is 10.3. The van der Waals surface area contributed by atoms with E-state index < -0.39 is 36.0 Å². The third kappa shape index (κ3) is 9.92. The van der Waals surface area contributed by atoms with Crippen LogP contribution < -0.4 is 0 Å². The summed E-state index contributed by atoms with van der Waals surface area (Å²) in [6.45, 7) is 17.5. The van der Waals surface area contributed by atoms with Crippen LogP contribution in [0.4, 0.5) is 4.79 Å². The minimum atomic E-state index is -3.67. The lowest BCUT2D eigenvalue weighted by molar-refractivity contribution is -0.173. The van der Waals surface area contributed by atoms with E-state index in [4.69, 9.17) is 22.8 Å². The summed E-state index contributed by atoms with van der Waals surface area (Å²) in [6, 6.07) is -0.357. The van der Waals surface area contributed by atoms with Crippen molar-refractivity contribution < 1.29 is 36.0 Å². The number of ether oxygens (including phenoxy) is 3. The van der Waals surface area contributed by atoms with E-state index in [1.54, 1.807) is 4.90 Å². The molecule has 2 unspecified atom stereocenters. The molecule has 0 aromatic heterocycles. The summed E-state index contributed by atoms with van der Waals surface area (Å²) in [6.07, 6.45) is 3.43. The van der Waals surface area contributed by atoms with Gasteiger partial charge in [0.2, 0.25) is 0 Å². The van der Waals surface area contributed by atoms with Gasteiger partial charge >= 0.3 is 6.09 Å². The Morgan fingerprint density at radius 2 is 1.77 bits per heavy atom. The van der Waals surface area contributed by atoms with Crippen molar-refractivity contribution in [3.63, 3.8) is 0 Å². The van der Waals surface area contributed by atoms with Crippen molar-refractivity contribution >= 4 is 24.5 Å². The molecular formula is C24H47NO8SSi. The van der Waals surface area contributed by atoms with Gasteiger partial charge in [0, 0.05) is 25.1 Å². The molecule has 2 aliphatic rings. The van der Waals surface area contributed by atoms with Gasteiger partial charge in [0.1, 0.15) is 5.60 Å². The third-order valence-corrected chi connectivity index (χ3v) is 12.0. The van der Waals surface area contributed by atoms with E-state index >= 15 is 0 Å². The maximum absolute atomic E-state index is 13.2. The fourth-order valence-corrected chi connectivity index (χ4v) is 5.82. The number of rotatable bonds is 9. The Balaban J connectivity index is 2.27. The van der Waals surface area contributed by atoms with Crippen molar-refractivity contribution in [2.24, 2.45) is 5.92 Å². The summed E-state index contributed by atoms with van der Waals surface area (Å²) in [7, 11) is -5.76. The lowest BCUT2D eigenvalue weighted by Crippen LogP contribution is -2.46. The lowest BCUT2D eigenvalue weighted by Gasteiger charge is -2.38. The second-order valence-electron chi connectivity index (χ2n) is 12.3. The van der Waals surface area contributed by atoms with Crippen LogP contribution in [-0.4, -0.2) is 84.4 Å². The van der Waals surface area contributed by atoms with Crippen LogP contribution in [0, 0.1) is 5.92 Å². The fourth-order valence-electron chi connectivity index (χ4n) is 4.04. The molecule has 1 amide bonds. The molecule has 0 aromatic rings. The van der Waals surface area contributed by atoms with E-state index in [-0.39, 0.29) is 36.7 Å². The molecule has 206 valence electrons. The molecule has 0 aliphatic carbocycles. The number of carbonyl (C=O) groups excluding carboxylic acids is 1.